The summed E-state index contributed by atoms with van der Waals surface area (Å²) in [5, 5.41) is 4.88. The Morgan fingerprint density at radius 1 is 1.12 bits per heavy atom. The molecule has 0 aromatic carbocycles. The van der Waals surface area contributed by atoms with Gasteiger partial charge in [0.05, 0.1) is 6.04 Å². The van der Waals surface area contributed by atoms with Crippen LogP contribution >= 0.6 is 0 Å². The molecule has 4 saturated heterocycles. The van der Waals surface area contributed by atoms with Crippen LogP contribution in [0.2, 0.25) is 0 Å². The number of rotatable bonds is 1. The minimum Gasteiger partial charge on any atom is -0.301 e. The molecule has 4 aliphatic heterocycles. The SMILES string of the molecule is O=C1NC(=NC2CN3CCC2CC3)NC1=O. The van der Waals surface area contributed by atoms with Crippen LogP contribution in [-0.2, 0) is 9.59 Å². The summed E-state index contributed by atoms with van der Waals surface area (Å²) in [4.78, 5) is 28.8. The zero-order valence-electron chi connectivity index (χ0n) is 8.90. The van der Waals surface area contributed by atoms with E-state index in [4.69, 9.17) is 0 Å². The molecule has 16 heavy (non-hydrogen) atoms. The van der Waals surface area contributed by atoms with E-state index in [-0.39, 0.29) is 6.04 Å². The summed E-state index contributed by atoms with van der Waals surface area (Å²) < 4.78 is 0. The van der Waals surface area contributed by atoms with Crippen molar-refractivity contribution in [2.75, 3.05) is 19.6 Å². The largest absolute Gasteiger partial charge is 0.316 e. The fourth-order valence-corrected chi connectivity index (χ4v) is 2.67. The second-order valence-electron chi connectivity index (χ2n) is 4.59. The van der Waals surface area contributed by atoms with E-state index in [0.29, 0.717) is 11.9 Å². The molecular formula is C10H14N4O2. The number of nitrogens with one attached hydrogen (secondary N) is 2. The van der Waals surface area contributed by atoms with E-state index in [1.54, 1.807) is 0 Å². The highest BCUT2D eigenvalue weighted by Crippen LogP contribution is 2.29. The molecule has 0 aliphatic carbocycles. The van der Waals surface area contributed by atoms with Crippen molar-refractivity contribution < 1.29 is 9.59 Å². The number of hydrogen-bond acceptors (Lipinski definition) is 4. The van der Waals surface area contributed by atoms with Crippen molar-refractivity contribution in [3.63, 3.8) is 0 Å². The van der Waals surface area contributed by atoms with E-state index >= 15 is 0 Å². The first-order chi connectivity index (χ1) is 7.72. The van der Waals surface area contributed by atoms with E-state index in [1.165, 1.54) is 12.8 Å². The zero-order valence-corrected chi connectivity index (χ0v) is 8.90. The molecule has 4 fully saturated rings. The van der Waals surface area contributed by atoms with Crippen LogP contribution in [0.3, 0.4) is 0 Å². The predicted molar refractivity (Wildman–Crippen MR) is 56.7 cm³/mol. The lowest BCUT2D eigenvalue weighted by atomic mass is 9.84. The molecule has 4 rings (SSSR count). The quantitative estimate of drug-likeness (QED) is 0.541. The molecule has 0 aromatic rings. The number of carbonyl (C=O) groups is 2. The number of carbonyl (C=O) groups excluding carboxylic acids is 2. The summed E-state index contributed by atoms with van der Waals surface area (Å²) in [6.45, 7) is 3.26. The number of guanidine groups is 1. The molecule has 0 spiro atoms. The van der Waals surface area contributed by atoms with E-state index in [9.17, 15) is 9.59 Å². The Balaban J connectivity index is 1.73. The number of piperidine rings is 3. The first-order valence-corrected chi connectivity index (χ1v) is 5.65. The second-order valence-corrected chi connectivity index (χ2v) is 4.59. The van der Waals surface area contributed by atoms with Gasteiger partial charge in [-0.1, -0.05) is 0 Å². The summed E-state index contributed by atoms with van der Waals surface area (Å²) in [5.41, 5.74) is 0. The lowest BCUT2D eigenvalue weighted by Gasteiger charge is -2.43. The number of hydrogen-bond donors (Lipinski definition) is 2. The van der Waals surface area contributed by atoms with E-state index < -0.39 is 11.8 Å². The van der Waals surface area contributed by atoms with E-state index in [1.807, 2.05) is 0 Å². The van der Waals surface area contributed by atoms with Gasteiger partial charge in [0, 0.05) is 6.54 Å². The van der Waals surface area contributed by atoms with Crippen LogP contribution in [0.4, 0.5) is 0 Å². The van der Waals surface area contributed by atoms with Crippen LogP contribution in [0.5, 0.6) is 0 Å². The smallest absolute Gasteiger partial charge is 0.301 e. The first-order valence-electron chi connectivity index (χ1n) is 5.65. The van der Waals surface area contributed by atoms with E-state index in [0.717, 1.165) is 19.6 Å². The van der Waals surface area contributed by atoms with Crippen molar-refractivity contribution in [1.82, 2.24) is 15.5 Å². The third-order valence-electron chi connectivity index (χ3n) is 3.59. The van der Waals surface area contributed by atoms with Crippen LogP contribution in [-0.4, -0.2) is 48.3 Å². The van der Waals surface area contributed by atoms with E-state index in [2.05, 4.69) is 20.5 Å². The maximum absolute atomic E-state index is 11.0. The Morgan fingerprint density at radius 2 is 1.75 bits per heavy atom. The molecule has 2 bridgehead atoms. The van der Waals surface area contributed by atoms with Gasteiger partial charge in [-0.05, 0) is 31.8 Å². The van der Waals surface area contributed by atoms with Gasteiger partial charge in [-0.25, -0.2) is 4.99 Å². The molecule has 1 atom stereocenters. The lowest BCUT2D eigenvalue weighted by molar-refractivity contribution is -0.135. The van der Waals surface area contributed by atoms with Gasteiger partial charge >= 0.3 is 11.8 Å². The van der Waals surface area contributed by atoms with Crippen molar-refractivity contribution in [2.45, 2.75) is 18.9 Å². The molecule has 4 heterocycles. The molecule has 6 nitrogen and oxygen atoms in total. The van der Waals surface area contributed by atoms with Crippen LogP contribution in [0.15, 0.2) is 4.99 Å². The van der Waals surface area contributed by atoms with Crippen molar-refractivity contribution in [3.05, 3.63) is 0 Å². The number of nitrogens with zero attached hydrogens (tertiary/aromatic N) is 2. The van der Waals surface area contributed by atoms with Gasteiger partial charge in [-0.2, -0.15) is 0 Å². The normalized spacial score (nSPS) is 37.2. The minimum atomic E-state index is -0.611. The average molecular weight is 222 g/mol. The van der Waals surface area contributed by atoms with Crippen molar-refractivity contribution in [1.29, 1.82) is 0 Å². The van der Waals surface area contributed by atoms with Crippen molar-refractivity contribution in [2.24, 2.45) is 10.9 Å². The van der Waals surface area contributed by atoms with Gasteiger partial charge in [0.15, 0.2) is 0 Å². The maximum atomic E-state index is 11.0. The predicted octanol–water partition coefficient (Wildman–Crippen LogP) is -1.32. The van der Waals surface area contributed by atoms with Crippen molar-refractivity contribution in [3.8, 4) is 0 Å². The summed E-state index contributed by atoms with van der Waals surface area (Å²) in [7, 11) is 0. The van der Waals surface area contributed by atoms with Crippen LogP contribution in [0.1, 0.15) is 12.8 Å². The fraction of sp³-hybridized carbons (Fsp3) is 0.700. The van der Waals surface area contributed by atoms with Gasteiger partial charge in [0.1, 0.15) is 0 Å². The lowest BCUT2D eigenvalue weighted by Crippen LogP contribution is -2.50. The molecule has 2 N–H and O–H groups in total. The Labute approximate surface area is 93.1 Å². The summed E-state index contributed by atoms with van der Waals surface area (Å²) >= 11 is 0. The van der Waals surface area contributed by atoms with Gasteiger partial charge in [-0.3, -0.25) is 20.2 Å². The fourth-order valence-electron chi connectivity index (χ4n) is 2.67. The summed E-state index contributed by atoms with van der Waals surface area (Å²) in [6, 6.07) is 0.219. The topological polar surface area (TPSA) is 73.8 Å². The van der Waals surface area contributed by atoms with Gasteiger partial charge < -0.3 is 4.90 Å². The first kappa shape index (κ1) is 9.77. The Hall–Kier alpha value is -1.43. The number of amides is 2. The average Bonchev–Trinajstić information content (AvgIpc) is 2.59. The standard InChI is InChI=1S/C10H14N4O2/c15-8-9(16)13-10(12-8)11-7-5-14-3-1-6(7)2-4-14/h6-7H,1-5H2,(H2,11,12,13,15,16). The van der Waals surface area contributed by atoms with Crippen LogP contribution in [0.25, 0.3) is 0 Å². The Morgan fingerprint density at radius 3 is 2.25 bits per heavy atom. The number of aliphatic imine (C=N–C) groups is 1. The summed E-state index contributed by atoms with van der Waals surface area (Å²) in [5.74, 6) is -0.291. The van der Waals surface area contributed by atoms with Gasteiger partial charge in [-0.15, -0.1) is 0 Å². The highest BCUT2D eigenvalue weighted by Gasteiger charge is 2.35. The molecule has 2 amide bonds. The van der Waals surface area contributed by atoms with Gasteiger partial charge in [0.2, 0.25) is 5.96 Å². The third kappa shape index (κ3) is 1.59. The van der Waals surface area contributed by atoms with Crippen molar-refractivity contribution >= 4 is 17.8 Å². The Bertz CT molecular complexity index is 353. The molecule has 6 heteroatoms. The highest BCUT2D eigenvalue weighted by atomic mass is 16.2. The monoisotopic (exact) mass is 222 g/mol. The minimum absolute atomic E-state index is 0.219. The molecule has 0 radical (unpaired) electrons. The van der Waals surface area contributed by atoms with Gasteiger partial charge in [0.25, 0.3) is 0 Å². The second kappa shape index (κ2) is 3.55. The third-order valence-corrected chi connectivity index (χ3v) is 3.59. The zero-order chi connectivity index (χ0) is 11.1. The summed E-state index contributed by atoms with van der Waals surface area (Å²) in [6.07, 6.45) is 2.34. The molecule has 0 aromatic heterocycles. The maximum Gasteiger partial charge on any atom is 0.316 e. The Kier molecular flexibility index (Phi) is 2.17. The molecular weight excluding hydrogens is 208 g/mol. The van der Waals surface area contributed by atoms with Crippen LogP contribution in [0, 0.1) is 5.92 Å². The van der Waals surface area contributed by atoms with Crippen LogP contribution < -0.4 is 10.6 Å². The molecule has 0 saturated carbocycles. The highest BCUT2D eigenvalue weighted by molar-refractivity contribution is 6.45. The molecule has 86 valence electrons. The number of fused-ring (bicyclic) bond motifs is 3. The molecule has 4 aliphatic rings. The molecule has 1 unspecified atom stereocenters.